The number of allylic oxidation sites excluding steroid dienone is 2. The molecule has 79 heavy (non-hydrogen) atoms. The number of amides is 2. The molecule has 0 spiro atoms. The highest BCUT2D eigenvalue weighted by atomic mass is 32.1. The van der Waals surface area contributed by atoms with Gasteiger partial charge in [-0.3, -0.25) is 9.59 Å². The Morgan fingerprint density at radius 1 is 0.405 bits per heavy atom. The highest BCUT2D eigenvalue weighted by molar-refractivity contribution is 7.15. The van der Waals surface area contributed by atoms with E-state index in [4.69, 9.17) is 0 Å². The number of hydrogen-bond acceptors (Lipinski definition) is 4. The molecule has 4 aromatic rings. The molecule has 2 aromatic carbocycles. The first-order valence-electron chi connectivity index (χ1n) is 30.8. The fraction of sp³-hybridized carbons (Fsp3) is 0.642. The molecule has 5 rings (SSSR count). The first-order valence-corrected chi connectivity index (χ1v) is 32.4. The largest absolute Gasteiger partial charge is 0.380 e. The fourth-order valence-corrected chi connectivity index (χ4v) is 14.0. The second-order valence-corrected chi connectivity index (χ2v) is 25.2. The average molecular weight is 1140 g/mol. The number of hydrogen-bond donors (Lipinski definition) is 2. The summed E-state index contributed by atoms with van der Waals surface area (Å²) < 4.78 is 96.5. The Balaban J connectivity index is 1.12. The van der Waals surface area contributed by atoms with Crippen molar-refractivity contribution >= 4 is 45.6 Å². The van der Waals surface area contributed by atoms with Gasteiger partial charge in [0.15, 0.2) is 0 Å². The van der Waals surface area contributed by atoms with Crippen LogP contribution in [0.15, 0.2) is 48.5 Å². The van der Waals surface area contributed by atoms with Gasteiger partial charge >= 0.3 is 17.8 Å². The molecule has 0 atom stereocenters. The van der Waals surface area contributed by atoms with E-state index in [2.05, 4.69) is 24.5 Å². The van der Waals surface area contributed by atoms with Crippen molar-refractivity contribution in [3.63, 3.8) is 0 Å². The van der Waals surface area contributed by atoms with E-state index >= 15 is 26.3 Å². The summed E-state index contributed by atoms with van der Waals surface area (Å²) in [4.78, 5) is 25.9. The first-order chi connectivity index (χ1) is 38.0. The van der Waals surface area contributed by atoms with Gasteiger partial charge in [-0.05, 0) is 97.9 Å². The van der Waals surface area contributed by atoms with Crippen LogP contribution in [-0.4, -0.2) is 42.7 Å². The lowest BCUT2D eigenvalue weighted by Crippen LogP contribution is -2.48. The van der Waals surface area contributed by atoms with E-state index in [1.807, 2.05) is 24.3 Å². The zero-order chi connectivity index (χ0) is 57.3. The van der Waals surface area contributed by atoms with E-state index in [9.17, 15) is 9.59 Å². The number of unbranched alkanes of at least 4 members (excludes halogenated alkanes) is 26. The summed E-state index contributed by atoms with van der Waals surface area (Å²) in [5, 5.41) is 6.07. The molecular formula is C67H96F6N2O2S2. The molecule has 0 unspecified atom stereocenters. The fourth-order valence-electron chi connectivity index (χ4n) is 11.4. The number of thiophene rings is 2. The second-order valence-electron chi connectivity index (χ2n) is 22.7. The minimum absolute atomic E-state index is 0.0258. The maximum atomic E-state index is 16.3. The molecule has 2 amide bonds. The van der Waals surface area contributed by atoms with Gasteiger partial charge in [-0.1, -0.05) is 229 Å². The highest BCUT2D eigenvalue weighted by Crippen LogP contribution is 2.67. The Morgan fingerprint density at radius 3 is 0.949 bits per heavy atom. The lowest BCUT2D eigenvalue weighted by molar-refractivity contribution is -0.254. The minimum atomic E-state index is -5.68. The topological polar surface area (TPSA) is 58.2 Å². The van der Waals surface area contributed by atoms with Crippen molar-refractivity contribution in [2.45, 2.75) is 265 Å². The number of halogens is 6. The van der Waals surface area contributed by atoms with Crippen LogP contribution in [-0.2, 0) is 22.4 Å². The van der Waals surface area contributed by atoms with Gasteiger partial charge in [0.1, 0.15) is 0 Å². The highest BCUT2D eigenvalue weighted by Gasteiger charge is 2.81. The van der Waals surface area contributed by atoms with Crippen molar-refractivity contribution in [1.29, 1.82) is 0 Å². The van der Waals surface area contributed by atoms with Gasteiger partial charge in [0.25, 0.3) is 0 Å². The minimum Gasteiger partial charge on any atom is -0.356 e. The Hall–Kier alpha value is -3.90. The Kier molecular flexibility index (Phi) is 28.3. The SMILES string of the molecule is CCCCCCCCCCCCCCCCNC(=O)CCc1ccc(-c2c(C)sc(C3=C(c4sc(C)c(-c5ccc(CCC(=O)NCCCCCCCCCCCCCCCC)cc5)c4C)C(F)(F)C(F)(F)C3(F)F)c2C)cc1. The van der Waals surface area contributed by atoms with E-state index < -0.39 is 28.9 Å². The molecular weight excluding hydrogens is 1040 g/mol. The summed E-state index contributed by atoms with van der Waals surface area (Å²) in [7, 11) is 0. The third kappa shape index (κ3) is 19.1. The van der Waals surface area contributed by atoms with E-state index in [-0.39, 0.29) is 32.7 Å². The molecule has 440 valence electrons. The predicted molar refractivity (Wildman–Crippen MR) is 323 cm³/mol. The summed E-state index contributed by atoms with van der Waals surface area (Å²) in [6, 6.07) is 14.6. The van der Waals surface area contributed by atoms with Gasteiger partial charge in [0, 0.05) is 45.4 Å². The quantitative estimate of drug-likeness (QED) is 0.0344. The van der Waals surface area contributed by atoms with Crippen LogP contribution in [0.2, 0.25) is 0 Å². The standard InChI is InChI=1S/C67H96F6N2O2S2/c1-7-9-11-13-15-17-19-21-23-25-27-29-31-33-47-74-57(76)45-39-53-35-41-55(42-36-53)59-49(3)63(78-51(59)5)61-62(66(70,71)67(72,73)65(61,68)69)64-50(4)60(52(6)79-64)56-43-37-54(38-44-56)40-46-58(77)75-48-34-32-30-28-26-24-22-20-18-16-14-12-10-8-2/h35-38,41-44H,7-34,39-40,45-48H2,1-6H3,(H,74,76)(H,75,77). The summed E-state index contributed by atoms with van der Waals surface area (Å²) >= 11 is 1.65. The normalized spacial score (nSPS) is 14.6. The maximum absolute atomic E-state index is 16.3. The zero-order valence-corrected chi connectivity index (χ0v) is 50.7. The molecule has 2 aromatic heterocycles. The van der Waals surface area contributed by atoms with E-state index in [0.717, 1.165) is 59.5 Å². The molecule has 1 aliphatic rings. The Labute approximate surface area is 480 Å². The van der Waals surface area contributed by atoms with Crippen LogP contribution in [0.4, 0.5) is 26.3 Å². The van der Waals surface area contributed by atoms with Crippen molar-refractivity contribution in [2.75, 3.05) is 13.1 Å². The van der Waals surface area contributed by atoms with Gasteiger partial charge in [0.05, 0.1) is 11.1 Å². The van der Waals surface area contributed by atoms with Crippen LogP contribution in [0.3, 0.4) is 0 Å². The number of aryl methyl sites for hydroxylation is 4. The lowest BCUT2D eigenvalue weighted by Gasteiger charge is -2.25. The van der Waals surface area contributed by atoms with Crippen molar-refractivity contribution in [3.05, 3.63) is 90.3 Å². The molecule has 0 saturated heterocycles. The second kappa shape index (κ2) is 33.9. The molecule has 0 radical (unpaired) electrons. The van der Waals surface area contributed by atoms with Gasteiger partial charge in [-0.25, -0.2) is 0 Å². The summed E-state index contributed by atoms with van der Waals surface area (Å²) in [6.07, 6.45) is 37.3. The summed E-state index contributed by atoms with van der Waals surface area (Å²) in [5.41, 5.74) is 1.93. The van der Waals surface area contributed by atoms with Crippen molar-refractivity contribution < 1.29 is 35.9 Å². The average Bonchev–Trinajstić information content (AvgIpc) is 3.18. The van der Waals surface area contributed by atoms with Crippen LogP contribution in [0.25, 0.3) is 33.4 Å². The number of carbonyl (C=O) groups excluding carboxylic acids is 2. The third-order valence-corrected chi connectivity index (χ3v) is 18.7. The van der Waals surface area contributed by atoms with E-state index in [1.165, 1.54) is 168 Å². The van der Waals surface area contributed by atoms with Crippen LogP contribution in [0.5, 0.6) is 0 Å². The number of carbonyl (C=O) groups is 2. The Morgan fingerprint density at radius 2 is 0.671 bits per heavy atom. The van der Waals surface area contributed by atoms with Crippen LogP contribution in [0, 0.1) is 27.7 Å². The third-order valence-electron chi connectivity index (χ3n) is 16.2. The molecule has 0 saturated carbocycles. The van der Waals surface area contributed by atoms with Gasteiger partial charge in [-0.15, -0.1) is 22.7 Å². The van der Waals surface area contributed by atoms with E-state index in [0.29, 0.717) is 70.8 Å². The molecule has 2 heterocycles. The van der Waals surface area contributed by atoms with Crippen molar-refractivity contribution in [2.24, 2.45) is 0 Å². The molecule has 1 aliphatic carbocycles. The van der Waals surface area contributed by atoms with Crippen molar-refractivity contribution in [1.82, 2.24) is 10.6 Å². The molecule has 0 bridgehead atoms. The monoisotopic (exact) mass is 1140 g/mol. The molecule has 0 aliphatic heterocycles. The van der Waals surface area contributed by atoms with Gasteiger partial charge < -0.3 is 10.6 Å². The first kappa shape index (κ1) is 65.9. The number of benzene rings is 2. The predicted octanol–water partition coefficient (Wildman–Crippen LogP) is 21.3. The van der Waals surface area contributed by atoms with Gasteiger partial charge in [-0.2, -0.15) is 26.3 Å². The maximum Gasteiger partial charge on any atom is 0.380 e. The zero-order valence-electron chi connectivity index (χ0n) is 49.1. The summed E-state index contributed by atoms with van der Waals surface area (Å²) in [6.45, 7) is 12.2. The smallest absolute Gasteiger partial charge is 0.356 e. The van der Waals surface area contributed by atoms with Gasteiger partial charge in [0.2, 0.25) is 11.8 Å². The molecule has 12 heteroatoms. The van der Waals surface area contributed by atoms with E-state index in [1.54, 1.807) is 38.1 Å². The molecule has 0 fully saturated rings. The van der Waals surface area contributed by atoms with Crippen LogP contribution < -0.4 is 10.6 Å². The lowest BCUT2D eigenvalue weighted by atomic mass is 9.94. The van der Waals surface area contributed by atoms with Crippen LogP contribution >= 0.6 is 22.7 Å². The molecule has 4 nitrogen and oxygen atoms in total. The number of rotatable bonds is 40. The Bertz CT molecular complexity index is 2300. The van der Waals surface area contributed by atoms with Crippen LogP contribution in [0.1, 0.15) is 248 Å². The van der Waals surface area contributed by atoms with Crippen molar-refractivity contribution in [3.8, 4) is 22.3 Å². The summed E-state index contributed by atoms with van der Waals surface area (Å²) in [5.74, 6) is -16.1. The number of nitrogens with one attached hydrogen (secondary N) is 2. The molecule has 2 N–H and O–H groups in total. The number of alkyl halides is 6.